The highest BCUT2D eigenvalue weighted by atomic mass is 35.5. The largest absolute Gasteiger partial charge is 0.351 e. The van der Waals surface area contributed by atoms with E-state index in [0.717, 1.165) is 32.4 Å². The number of hydrogen-bond acceptors (Lipinski definition) is 3. The molecule has 2 N–H and O–H groups in total. The van der Waals surface area contributed by atoms with E-state index >= 15 is 0 Å². The van der Waals surface area contributed by atoms with Gasteiger partial charge >= 0.3 is 0 Å². The van der Waals surface area contributed by atoms with Crippen LogP contribution in [0.25, 0.3) is 0 Å². The lowest BCUT2D eigenvalue weighted by atomic mass is 9.90. The van der Waals surface area contributed by atoms with Gasteiger partial charge in [0, 0.05) is 18.8 Å². The molecule has 1 amide bonds. The minimum absolute atomic E-state index is 0. The molecule has 2 aliphatic rings. The summed E-state index contributed by atoms with van der Waals surface area (Å²) in [5, 5.41) is 11.0. The van der Waals surface area contributed by atoms with Gasteiger partial charge in [-0.05, 0) is 50.8 Å². The molecule has 3 atom stereocenters. The van der Waals surface area contributed by atoms with Crippen molar-refractivity contribution in [1.82, 2.24) is 20.4 Å². The first kappa shape index (κ1) is 17.3. The standard InChI is InChI=1S/C16H26N4O.ClH/c21-16(7-6-13-8-10-17-12-13)19-14-4-1-2-5-15(14)20-11-3-9-18-20;/h3,9,11,13-15,17H,1-2,4-8,10,12H2,(H,19,21);1H. The Labute approximate surface area is 138 Å². The molecule has 0 radical (unpaired) electrons. The summed E-state index contributed by atoms with van der Waals surface area (Å²) in [6.45, 7) is 2.18. The van der Waals surface area contributed by atoms with Gasteiger partial charge in [0.2, 0.25) is 5.91 Å². The molecule has 124 valence electrons. The van der Waals surface area contributed by atoms with Crippen LogP contribution in [-0.4, -0.2) is 34.8 Å². The second-order valence-corrected chi connectivity index (χ2v) is 6.41. The van der Waals surface area contributed by atoms with E-state index in [0.29, 0.717) is 18.4 Å². The Hall–Kier alpha value is -1.07. The Morgan fingerprint density at radius 2 is 2.18 bits per heavy atom. The zero-order chi connectivity index (χ0) is 14.5. The van der Waals surface area contributed by atoms with Crippen molar-refractivity contribution in [1.29, 1.82) is 0 Å². The van der Waals surface area contributed by atoms with E-state index in [-0.39, 0.29) is 24.4 Å². The van der Waals surface area contributed by atoms with Crippen LogP contribution in [0.5, 0.6) is 0 Å². The third-order valence-electron chi connectivity index (χ3n) is 4.88. The van der Waals surface area contributed by atoms with Gasteiger partial charge < -0.3 is 10.6 Å². The first-order valence-corrected chi connectivity index (χ1v) is 8.32. The molecule has 22 heavy (non-hydrogen) atoms. The minimum Gasteiger partial charge on any atom is -0.351 e. The van der Waals surface area contributed by atoms with Crippen LogP contribution in [0.4, 0.5) is 0 Å². The topological polar surface area (TPSA) is 59.0 Å². The van der Waals surface area contributed by atoms with E-state index in [4.69, 9.17) is 0 Å². The van der Waals surface area contributed by atoms with Gasteiger partial charge in [-0.15, -0.1) is 12.4 Å². The van der Waals surface area contributed by atoms with Crippen molar-refractivity contribution >= 4 is 18.3 Å². The lowest BCUT2D eigenvalue weighted by Crippen LogP contribution is -2.43. The molecule has 0 bridgehead atoms. The third-order valence-corrected chi connectivity index (χ3v) is 4.88. The normalized spacial score (nSPS) is 28.1. The highest BCUT2D eigenvalue weighted by molar-refractivity contribution is 5.85. The molecule has 2 fully saturated rings. The molecule has 1 aliphatic carbocycles. The molecule has 1 aliphatic heterocycles. The fraction of sp³-hybridized carbons (Fsp3) is 0.750. The smallest absolute Gasteiger partial charge is 0.220 e. The van der Waals surface area contributed by atoms with Gasteiger partial charge in [0.05, 0.1) is 12.1 Å². The van der Waals surface area contributed by atoms with Gasteiger partial charge in [0.1, 0.15) is 0 Å². The number of halogens is 1. The molecule has 5 nitrogen and oxygen atoms in total. The lowest BCUT2D eigenvalue weighted by Gasteiger charge is -2.32. The lowest BCUT2D eigenvalue weighted by molar-refractivity contribution is -0.122. The Bertz CT molecular complexity index is 445. The summed E-state index contributed by atoms with van der Waals surface area (Å²) in [5.41, 5.74) is 0. The van der Waals surface area contributed by atoms with Crippen molar-refractivity contribution in [3.63, 3.8) is 0 Å². The molecule has 1 saturated carbocycles. The third kappa shape index (κ3) is 4.46. The quantitative estimate of drug-likeness (QED) is 0.873. The van der Waals surface area contributed by atoms with Crippen molar-refractivity contribution < 1.29 is 4.79 Å². The van der Waals surface area contributed by atoms with Gasteiger partial charge in [0.15, 0.2) is 0 Å². The Morgan fingerprint density at radius 3 is 2.91 bits per heavy atom. The number of carbonyl (C=O) groups is 1. The number of rotatable bonds is 5. The summed E-state index contributed by atoms with van der Waals surface area (Å²) in [6, 6.07) is 2.53. The molecule has 0 spiro atoms. The van der Waals surface area contributed by atoms with E-state index in [9.17, 15) is 4.79 Å². The molecule has 3 rings (SSSR count). The molecular formula is C16H27ClN4O. The van der Waals surface area contributed by atoms with E-state index in [2.05, 4.69) is 15.7 Å². The molecule has 1 saturated heterocycles. The Morgan fingerprint density at radius 1 is 1.32 bits per heavy atom. The van der Waals surface area contributed by atoms with Crippen molar-refractivity contribution in [2.75, 3.05) is 13.1 Å². The van der Waals surface area contributed by atoms with Crippen LogP contribution in [-0.2, 0) is 4.79 Å². The number of hydrogen-bond donors (Lipinski definition) is 2. The maximum Gasteiger partial charge on any atom is 0.220 e. The molecular weight excluding hydrogens is 300 g/mol. The first-order chi connectivity index (χ1) is 10.3. The number of amides is 1. The Kier molecular flexibility index (Phi) is 6.70. The van der Waals surface area contributed by atoms with Gasteiger partial charge in [-0.25, -0.2) is 0 Å². The minimum atomic E-state index is 0. The molecule has 2 heterocycles. The van der Waals surface area contributed by atoms with Crippen LogP contribution in [0.3, 0.4) is 0 Å². The summed E-state index contributed by atoms with van der Waals surface area (Å²) in [4.78, 5) is 12.2. The zero-order valence-electron chi connectivity index (χ0n) is 13.0. The predicted molar refractivity (Wildman–Crippen MR) is 89.1 cm³/mol. The molecule has 1 aromatic rings. The number of aromatic nitrogens is 2. The molecule has 3 unspecified atom stereocenters. The predicted octanol–water partition coefficient (Wildman–Crippen LogP) is 2.29. The summed E-state index contributed by atoms with van der Waals surface area (Å²) in [5.74, 6) is 0.898. The van der Waals surface area contributed by atoms with Gasteiger partial charge in [0.25, 0.3) is 0 Å². The van der Waals surface area contributed by atoms with Crippen LogP contribution in [0, 0.1) is 5.92 Å². The second-order valence-electron chi connectivity index (χ2n) is 6.41. The van der Waals surface area contributed by atoms with Gasteiger partial charge in [-0.2, -0.15) is 5.10 Å². The highest BCUT2D eigenvalue weighted by Gasteiger charge is 2.28. The van der Waals surface area contributed by atoms with Crippen LogP contribution < -0.4 is 10.6 Å². The molecule has 0 aromatic carbocycles. The summed E-state index contributed by atoms with van der Waals surface area (Å²) in [6.07, 6.45) is 11.3. The van der Waals surface area contributed by atoms with Crippen LogP contribution in [0.1, 0.15) is 51.0 Å². The van der Waals surface area contributed by atoms with E-state index < -0.39 is 0 Å². The zero-order valence-corrected chi connectivity index (χ0v) is 13.9. The molecule has 1 aromatic heterocycles. The van der Waals surface area contributed by atoms with E-state index in [1.807, 2.05) is 23.1 Å². The van der Waals surface area contributed by atoms with Gasteiger partial charge in [-0.3, -0.25) is 9.48 Å². The highest BCUT2D eigenvalue weighted by Crippen LogP contribution is 2.28. The van der Waals surface area contributed by atoms with Gasteiger partial charge in [-0.1, -0.05) is 12.8 Å². The van der Waals surface area contributed by atoms with Crippen molar-refractivity contribution in [2.45, 2.75) is 57.0 Å². The number of nitrogens with zero attached hydrogens (tertiary/aromatic N) is 2. The maximum absolute atomic E-state index is 12.2. The van der Waals surface area contributed by atoms with Crippen LogP contribution >= 0.6 is 12.4 Å². The van der Waals surface area contributed by atoms with Crippen molar-refractivity contribution in [2.24, 2.45) is 5.92 Å². The monoisotopic (exact) mass is 326 g/mol. The SMILES string of the molecule is Cl.O=C(CCC1CCNC1)NC1CCCCC1n1cccn1. The summed E-state index contributed by atoms with van der Waals surface area (Å²) >= 11 is 0. The maximum atomic E-state index is 12.2. The average molecular weight is 327 g/mol. The second kappa shape index (κ2) is 8.53. The Balaban J connectivity index is 0.00000176. The fourth-order valence-corrected chi connectivity index (χ4v) is 3.65. The van der Waals surface area contributed by atoms with Crippen molar-refractivity contribution in [3.8, 4) is 0 Å². The number of carbonyl (C=O) groups excluding carboxylic acids is 1. The van der Waals surface area contributed by atoms with E-state index in [1.165, 1.54) is 19.3 Å². The van der Waals surface area contributed by atoms with Crippen molar-refractivity contribution in [3.05, 3.63) is 18.5 Å². The fourth-order valence-electron chi connectivity index (χ4n) is 3.65. The first-order valence-electron chi connectivity index (χ1n) is 8.32. The van der Waals surface area contributed by atoms with Crippen LogP contribution in [0.15, 0.2) is 18.5 Å². The summed E-state index contributed by atoms with van der Waals surface area (Å²) < 4.78 is 2.02. The van der Waals surface area contributed by atoms with E-state index in [1.54, 1.807) is 0 Å². The van der Waals surface area contributed by atoms with Crippen LogP contribution in [0.2, 0.25) is 0 Å². The molecule has 6 heteroatoms. The summed E-state index contributed by atoms with van der Waals surface area (Å²) in [7, 11) is 0. The average Bonchev–Trinajstić information content (AvgIpc) is 3.19. The number of nitrogens with one attached hydrogen (secondary N) is 2.